The van der Waals surface area contributed by atoms with Gasteiger partial charge in [-0.2, -0.15) is 0 Å². The van der Waals surface area contributed by atoms with E-state index in [-0.39, 0.29) is 0 Å². The number of rotatable bonds is 7. The molecular weight excluding hydrogens is 244 g/mol. The van der Waals surface area contributed by atoms with Crippen LogP contribution in [0.3, 0.4) is 0 Å². The third kappa shape index (κ3) is 4.30. The van der Waals surface area contributed by atoms with Gasteiger partial charge in [0, 0.05) is 12.2 Å². The first-order chi connectivity index (χ1) is 9.79. The van der Waals surface area contributed by atoms with E-state index in [2.05, 4.69) is 60.9 Å². The number of benzene rings is 2. The smallest absolute Gasteiger partial charge is 0.0620 e. The van der Waals surface area contributed by atoms with Crippen molar-refractivity contribution in [2.24, 2.45) is 5.92 Å². The van der Waals surface area contributed by atoms with Crippen LogP contribution in [0, 0.1) is 5.92 Å². The summed E-state index contributed by atoms with van der Waals surface area (Å²) >= 11 is 0. The summed E-state index contributed by atoms with van der Waals surface area (Å²) in [6.07, 6.45) is 2.51. The maximum atomic E-state index is 3.56. The maximum Gasteiger partial charge on any atom is 0.0620 e. The van der Waals surface area contributed by atoms with Crippen molar-refractivity contribution in [3.8, 4) is 0 Å². The molecule has 2 N–H and O–H groups in total. The summed E-state index contributed by atoms with van der Waals surface area (Å²) in [6, 6.07) is 18.6. The van der Waals surface area contributed by atoms with Crippen molar-refractivity contribution in [3.05, 3.63) is 54.6 Å². The Morgan fingerprint density at radius 2 is 1.55 bits per heavy atom. The fourth-order valence-electron chi connectivity index (χ4n) is 2.30. The number of para-hydroxylation sites is 3. The van der Waals surface area contributed by atoms with Crippen LogP contribution in [-0.4, -0.2) is 6.54 Å². The van der Waals surface area contributed by atoms with Crippen LogP contribution >= 0.6 is 0 Å². The second kappa shape index (κ2) is 7.59. The Bertz CT molecular complexity index is 508. The van der Waals surface area contributed by atoms with Gasteiger partial charge in [0.15, 0.2) is 0 Å². The summed E-state index contributed by atoms with van der Waals surface area (Å²) in [6.45, 7) is 5.55. The van der Waals surface area contributed by atoms with Crippen molar-refractivity contribution in [1.82, 2.24) is 0 Å². The fraction of sp³-hybridized carbons (Fsp3) is 0.333. The van der Waals surface area contributed by atoms with E-state index in [1.165, 1.54) is 18.5 Å². The molecule has 2 heteroatoms. The molecule has 0 aliphatic carbocycles. The Kier molecular flexibility index (Phi) is 5.48. The van der Waals surface area contributed by atoms with E-state index in [1.807, 2.05) is 18.2 Å². The summed E-state index contributed by atoms with van der Waals surface area (Å²) in [5.74, 6) is 0.699. The van der Waals surface area contributed by atoms with E-state index >= 15 is 0 Å². The molecule has 0 aliphatic rings. The van der Waals surface area contributed by atoms with Gasteiger partial charge in [-0.3, -0.25) is 0 Å². The second-order valence-electron chi connectivity index (χ2n) is 5.31. The number of anilines is 3. The highest BCUT2D eigenvalue weighted by Gasteiger charge is 2.04. The minimum absolute atomic E-state index is 0.699. The molecule has 0 bridgehead atoms. The molecule has 20 heavy (non-hydrogen) atoms. The molecule has 0 saturated heterocycles. The monoisotopic (exact) mass is 268 g/mol. The van der Waals surface area contributed by atoms with Crippen LogP contribution in [-0.2, 0) is 0 Å². The van der Waals surface area contributed by atoms with Crippen molar-refractivity contribution in [1.29, 1.82) is 0 Å². The Labute approximate surface area is 122 Å². The van der Waals surface area contributed by atoms with Crippen molar-refractivity contribution in [2.75, 3.05) is 17.2 Å². The van der Waals surface area contributed by atoms with Crippen molar-refractivity contribution in [3.63, 3.8) is 0 Å². The quantitative estimate of drug-likeness (QED) is 0.714. The zero-order chi connectivity index (χ0) is 14.2. The molecule has 1 atom stereocenters. The highest BCUT2D eigenvalue weighted by molar-refractivity contribution is 5.74. The fourth-order valence-corrected chi connectivity index (χ4v) is 2.30. The van der Waals surface area contributed by atoms with Crippen LogP contribution in [0.25, 0.3) is 0 Å². The molecule has 0 radical (unpaired) electrons. The molecule has 0 spiro atoms. The van der Waals surface area contributed by atoms with Crippen LogP contribution in [0.15, 0.2) is 54.6 Å². The summed E-state index contributed by atoms with van der Waals surface area (Å²) in [5.41, 5.74) is 3.41. The summed E-state index contributed by atoms with van der Waals surface area (Å²) in [4.78, 5) is 0. The molecule has 0 aromatic heterocycles. The molecule has 2 rings (SSSR count). The van der Waals surface area contributed by atoms with Gasteiger partial charge in [0.05, 0.1) is 11.4 Å². The average molecular weight is 268 g/mol. The number of nitrogens with one attached hydrogen (secondary N) is 2. The maximum absolute atomic E-state index is 3.56. The molecule has 0 heterocycles. The van der Waals surface area contributed by atoms with Crippen molar-refractivity contribution >= 4 is 17.1 Å². The number of hydrogen-bond donors (Lipinski definition) is 2. The zero-order valence-corrected chi connectivity index (χ0v) is 12.4. The van der Waals surface area contributed by atoms with Crippen LogP contribution in [0.2, 0.25) is 0 Å². The largest absolute Gasteiger partial charge is 0.383 e. The molecule has 0 saturated carbocycles. The molecular formula is C18H24N2. The molecule has 0 aliphatic heterocycles. The van der Waals surface area contributed by atoms with Gasteiger partial charge in [0.25, 0.3) is 0 Å². The predicted molar refractivity (Wildman–Crippen MR) is 88.7 cm³/mol. The topological polar surface area (TPSA) is 24.1 Å². The van der Waals surface area contributed by atoms with Crippen LogP contribution in [0.5, 0.6) is 0 Å². The number of hydrogen-bond acceptors (Lipinski definition) is 2. The van der Waals surface area contributed by atoms with Crippen LogP contribution in [0.1, 0.15) is 26.7 Å². The van der Waals surface area contributed by atoms with Gasteiger partial charge in [0.2, 0.25) is 0 Å². The molecule has 2 nitrogen and oxygen atoms in total. The van der Waals surface area contributed by atoms with E-state index in [1.54, 1.807) is 0 Å². The first kappa shape index (κ1) is 14.4. The van der Waals surface area contributed by atoms with E-state index in [0.29, 0.717) is 5.92 Å². The average Bonchev–Trinajstić information content (AvgIpc) is 2.48. The Morgan fingerprint density at radius 1 is 0.900 bits per heavy atom. The molecule has 2 aromatic carbocycles. The molecule has 1 unspecified atom stereocenters. The first-order valence-corrected chi connectivity index (χ1v) is 7.44. The SMILES string of the molecule is CCCC(C)CNc1ccccc1Nc1ccccc1. The van der Waals surface area contributed by atoms with E-state index in [9.17, 15) is 0 Å². The summed E-state index contributed by atoms with van der Waals surface area (Å²) < 4.78 is 0. The van der Waals surface area contributed by atoms with Gasteiger partial charge in [0.1, 0.15) is 0 Å². The predicted octanol–water partition coefficient (Wildman–Crippen LogP) is 5.28. The third-order valence-electron chi connectivity index (χ3n) is 3.40. The van der Waals surface area contributed by atoms with Crippen molar-refractivity contribution in [2.45, 2.75) is 26.7 Å². The highest BCUT2D eigenvalue weighted by Crippen LogP contribution is 2.25. The zero-order valence-electron chi connectivity index (χ0n) is 12.4. The van der Waals surface area contributed by atoms with Crippen molar-refractivity contribution < 1.29 is 0 Å². The summed E-state index contributed by atoms with van der Waals surface area (Å²) in [5, 5.41) is 7.02. The molecule has 0 amide bonds. The highest BCUT2D eigenvalue weighted by atomic mass is 15.0. The minimum Gasteiger partial charge on any atom is -0.383 e. The standard InChI is InChI=1S/C18H24N2/c1-3-9-15(2)14-19-17-12-7-8-13-18(17)20-16-10-5-4-6-11-16/h4-8,10-13,15,19-20H,3,9,14H2,1-2H3. The molecule has 0 fully saturated rings. The minimum atomic E-state index is 0.699. The van der Waals surface area contributed by atoms with Gasteiger partial charge in [-0.1, -0.05) is 50.6 Å². The van der Waals surface area contributed by atoms with E-state index in [0.717, 1.165) is 17.9 Å². The lowest BCUT2D eigenvalue weighted by Gasteiger charge is -2.16. The van der Waals surface area contributed by atoms with Crippen LogP contribution in [0.4, 0.5) is 17.1 Å². The van der Waals surface area contributed by atoms with Gasteiger partial charge in [-0.25, -0.2) is 0 Å². The molecule has 2 aromatic rings. The second-order valence-corrected chi connectivity index (χ2v) is 5.31. The lowest BCUT2D eigenvalue weighted by molar-refractivity contribution is 0.551. The van der Waals surface area contributed by atoms with E-state index < -0.39 is 0 Å². The summed E-state index contributed by atoms with van der Waals surface area (Å²) in [7, 11) is 0. The lowest BCUT2D eigenvalue weighted by Crippen LogP contribution is -2.12. The van der Waals surface area contributed by atoms with Gasteiger partial charge < -0.3 is 10.6 Å². The lowest BCUT2D eigenvalue weighted by atomic mass is 10.1. The Hall–Kier alpha value is -1.96. The van der Waals surface area contributed by atoms with E-state index in [4.69, 9.17) is 0 Å². The van der Waals surface area contributed by atoms with Gasteiger partial charge in [-0.15, -0.1) is 0 Å². The normalized spacial score (nSPS) is 11.9. The Morgan fingerprint density at radius 3 is 2.25 bits per heavy atom. The first-order valence-electron chi connectivity index (χ1n) is 7.44. The molecule has 106 valence electrons. The van der Waals surface area contributed by atoms with Gasteiger partial charge in [-0.05, 0) is 36.6 Å². The third-order valence-corrected chi connectivity index (χ3v) is 3.40. The van der Waals surface area contributed by atoms with Gasteiger partial charge >= 0.3 is 0 Å². The van der Waals surface area contributed by atoms with Crippen LogP contribution < -0.4 is 10.6 Å². The Balaban J connectivity index is 2.02.